The van der Waals surface area contributed by atoms with E-state index in [9.17, 15) is 30.3 Å². The maximum Gasteiger partial charge on any atom is 0.306 e. The molecule has 1 heterocycles. The lowest BCUT2D eigenvalue weighted by atomic mass is 9.98. The van der Waals surface area contributed by atoms with Gasteiger partial charge >= 0.3 is 5.97 Å². The van der Waals surface area contributed by atoms with Gasteiger partial charge in [-0.3, -0.25) is 4.79 Å². The van der Waals surface area contributed by atoms with E-state index >= 15 is 0 Å². The van der Waals surface area contributed by atoms with E-state index in [0.717, 1.165) is 38.5 Å². The molecule has 0 aromatic carbocycles. The van der Waals surface area contributed by atoms with Gasteiger partial charge in [-0.1, -0.05) is 200 Å². The molecule has 0 amide bonds. The summed E-state index contributed by atoms with van der Waals surface area (Å²) >= 11 is 0. The van der Waals surface area contributed by atoms with E-state index in [1.807, 2.05) is 0 Å². The van der Waals surface area contributed by atoms with Crippen molar-refractivity contribution in [2.45, 2.75) is 275 Å². The molecule has 10 nitrogen and oxygen atoms in total. The lowest BCUT2D eigenvalue weighted by molar-refractivity contribution is -0.302. The number of rotatable bonds is 40. The molecule has 1 fully saturated rings. The number of carbonyl (C=O) groups is 1. The molecule has 0 aromatic heterocycles. The van der Waals surface area contributed by atoms with E-state index in [4.69, 9.17) is 19.9 Å². The number of aliphatic hydroxyl groups is 5. The third kappa shape index (κ3) is 27.0. The van der Waals surface area contributed by atoms with Crippen molar-refractivity contribution < 1.29 is 44.5 Å². The van der Waals surface area contributed by atoms with Crippen molar-refractivity contribution in [3.63, 3.8) is 0 Å². The molecular formula is C46H91NO9. The van der Waals surface area contributed by atoms with Gasteiger partial charge in [-0.05, 0) is 19.3 Å². The van der Waals surface area contributed by atoms with E-state index in [2.05, 4.69) is 13.8 Å². The Morgan fingerprint density at radius 1 is 0.571 bits per heavy atom. The van der Waals surface area contributed by atoms with Crippen LogP contribution < -0.4 is 5.73 Å². The van der Waals surface area contributed by atoms with Crippen LogP contribution >= 0.6 is 0 Å². The van der Waals surface area contributed by atoms with E-state index in [1.54, 1.807) is 0 Å². The Morgan fingerprint density at radius 2 is 0.946 bits per heavy atom. The number of aliphatic hydroxyl groups excluding tert-OH is 5. The zero-order valence-electron chi connectivity index (χ0n) is 36.3. The molecule has 1 rings (SSSR count). The minimum absolute atomic E-state index is 0.254. The summed E-state index contributed by atoms with van der Waals surface area (Å²) in [6.45, 7) is 3.69. The second-order valence-electron chi connectivity index (χ2n) is 17.0. The second kappa shape index (κ2) is 37.2. The van der Waals surface area contributed by atoms with E-state index in [-0.39, 0.29) is 12.6 Å². The summed E-state index contributed by atoms with van der Waals surface area (Å²) in [5.74, 6) is -0.331. The number of unbranched alkanes of at least 4 members (excludes halogenated alkanes) is 29. The van der Waals surface area contributed by atoms with Gasteiger partial charge in [0, 0.05) is 6.42 Å². The maximum atomic E-state index is 12.9. The summed E-state index contributed by atoms with van der Waals surface area (Å²) in [5, 5.41) is 51.1. The molecule has 0 aromatic rings. The van der Waals surface area contributed by atoms with Crippen LogP contribution in [0.5, 0.6) is 0 Å². The van der Waals surface area contributed by atoms with E-state index < -0.39 is 55.6 Å². The van der Waals surface area contributed by atoms with Crippen molar-refractivity contribution in [1.29, 1.82) is 0 Å². The largest absolute Gasteiger partial charge is 0.460 e. The molecule has 7 N–H and O–H groups in total. The highest BCUT2D eigenvalue weighted by atomic mass is 16.7. The molecule has 1 aliphatic rings. The van der Waals surface area contributed by atoms with Crippen molar-refractivity contribution in [2.24, 2.45) is 5.73 Å². The predicted octanol–water partition coefficient (Wildman–Crippen LogP) is 9.32. The van der Waals surface area contributed by atoms with Crippen LogP contribution in [0, 0.1) is 0 Å². The Morgan fingerprint density at radius 3 is 1.34 bits per heavy atom. The molecule has 1 saturated heterocycles. The van der Waals surface area contributed by atoms with Gasteiger partial charge in [-0.25, -0.2) is 0 Å². The van der Waals surface area contributed by atoms with Crippen LogP contribution in [0.1, 0.15) is 226 Å². The normalized spacial score (nSPS) is 21.6. The van der Waals surface area contributed by atoms with Gasteiger partial charge in [-0.2, -0.15) is 0 Å². The summed E-state index contributed by atoms with van der Waals surface area (Å²) in [6, 6.07) is -0.965. The van der Waals surface area contributed by atoms with Crippen LogP contribution in [0.3, 0.4) is 0 Å². The third-order valence-electron chi connectivity index (χ3n) is 11.7. The molecule has 334 valence electrons. The van der Waals surface area contributed by atoms with Crippen molar-refractivity contribution in [2.75, 3.05) is 13.2 Å². The first-order valence-electron chi connectivity index (χ1n) is 23.8. The van der Waals surface area contributed by atoms with Gasteiger partial charge in [0.25, 0.3) is 0 Å². The Hall–Kier alpha value is -0.850. The van der Waals surface area contributed by atoms with Crippen molar-refractivity contribution in [3.8, 4) is 0 Å². The van der Waals surface area contributed by atoms with Crippen molar-refractivity contribution >= 4 is 5.97 Å². The Labute approximate surface area is 343 Å². The van der Waals surface area contributed by atoms with Crippen LogP contribution in [0.25, 0.3) is 0 Å². The molecule has 0 bridgehead atoms. The summed E-state index contributed by atoms with van der Waals surface area (Å²) < 4.78 is 16.8. The minimum atomic E-state index is -1.57. The zero-order valence-corrected chi connectivity index (χ0v) is 36.3. The van der Waals surface area contributed by atoms with Gasteiger partial charge < -0.3 is 45.5 Å². The molecular weight excluding hydrogens is 711 g/mol. The molecule has 0 spiro atoms. The van der Waals surface area contributed by atoms with Crippen LogP contribution in [0.2, 0.25) is 0 Å². The van der Waals surface area contributed by atoms with Crippen LogP contribution in [0.15, 0.2) is 0 Å². The smallest absolute Gasteiger partial charge is 0.306 e. The number of hydrogen-bond acceptors (Lipinski definition) is 10. The molecule has 56 heavy (non-hydrogen) atoms. The molecule has 1 aliphatic heterocycles. The predicted molar refractivity (Wildman–Crippen MR) is 227 cm³/mol. The lowest BCUT2D eigenvalue weighted by Gasteiger charge is -2.40. The van der Waals surface area contributed by atoms with Crippen molar-refractivity contribution in [3.05, 3.63) is 0 Å². The lowest BCUT2D eigenvalue weighted by Crippen LogP contribution is -2.60. The molecule has 10 heteroatoms. The Balaban J connectivity index is 2.34. The first-order valence-corrected chi connectivity index (χ1v) is 23.8. The monoisotopic (exact) mass is 802 g/mol. The fourth-order valence-electron chi connectivity index (χ4n) is 7.85. The average molecular weight is 802 g/mol. The van der Waals surface area contributed by atoms with Crippen LogP contribution in [-0.4, -0.2) is 93.7 Å². The number of esters is 1. The first-order chi connectivity index (χ1) is 27.3. The van der Waals surface area contributed by atoms with Gasteiger partial charge in [0.2, 0.25) is 0 Å². The topological polar surface area (TPSA) is 172 Å². The fourth-order valence-corrected chi connectivity index (χ4v) is 7.85. The number of carbonyl (C=O) groups excluding carboxylic acids is 1. The molecule has 0 unspecified atom stereocenters. The Kier molecular flexibility index (Phi) is 35.3. The molecule has 0 radical (unpaired) electrons. The quantitative estimate of drug-likeness (QED) is 0.0259. The summed E-state index contributed by atoms with van der Waals surface area (Å²) in [4.78, 5) is 12.9. The van der Waals surface area contributed by atoms with Gasteiger partial charge in [0.15, 0.2) is 6.29 Å². The standard InChI is InChI=1S/C46H91NO9/c1-3-5-7-9-11-13-15-17-18-19-20-21-22-23-25-27-29-31-33-35-41(49)55-39(34-32-30-28-26-24-16-14-12-10-8-6-4-2)42(50)38(47)37-54-46-45(53)44(52)43(51)40(36-48)56-46/h38-40,42-46,48,50-53H,3-37,47H2,1-2H3/t38-,39+,40+,42-,43-,44-,45+,46-/m0/s1. The van der Waals surface area contributed by atoms with Gasteiger partial charge in [0.1, 0.15) is 36.6 Å². The molecule has 8 atom stereocenters. The number of nitrogens with two attached hydrogens (primary N) is 1. The fraction of sp³-hybridized carbons (Fsp3) is 0.978. The van der Waals surface area contributed by atoms with Crippen LogP contribution in [-0.2, 0) is 19.0 Å². The van der Waals surface area contributed by atoms with E-state index in [1.165, 1.54) is 161 Å². The highest BCUT2D eigenvalue weighted by Crippen LogP contribution is 2.23. The van der Waals surface area contributed by atoms with E-state index in [0.29, 0.717) is 12.8 Å². The van der Waals surface area contributed by atoms with Gasteiger partial charge in [-0.15, -0.1) is 0 Å². The summed E-state index contributed by atoms with van der Waals surface area (Å²) in [5.41, 5.74) is 6.31. The number of hydrogen-bond donors (Lipinski definition) is 6. The molecule has 0 saturated carbocycles. The SMILES string of the molecule is CCCCCCCCCCCCCCCCCCCCCC(=O)O[C@H](CCCCCCCCCCCCCC)[C@@H](O)[C@@H](N)CO[C@H]1O[C@H](CO)[C@H](O)[C@H](O)[C@H]1O. The Bertz CT molecular complexity index is 864. The molecule has 0 aliphatic carbocycles. The highest BCUT2D eigenvalue weighted by Gasteiger charge is 2.44. The van der Waals surface area contributed by atoms with Crippen LogP contribution in [0.4, 0.5) is 0 Å². The highest BCUT2D eigenvalue weighted by molar-refractivity contribution is 5.69. The summed E-state index contributed by atoms with van der Waals surface area (Å²) in [7, 11) is 0. The van der Waals surface area contributed by atoms with Gasteiger partial charge in [0.05, 0.1) is 19.3 Å². The summed E-state index contributed by atoms with van der Waals surface area (Å²) in [6.07, 6.45) is 30.7. The average Bonchev–Trinajstić information content (AvgIpc) is 3.20. The maximum absolute atomic E-state index is 12.9. The third-order valence-corrected chi connectivity index (χ3v) is 11.7. The first kappa shape index (κ1) is 53.2. The second-order valence-corrected chi connectivity index (χ2v) is 17.0. The minimum Gasteiger partial charge on any atom is -0.460 e. The van der Waals surface area contributed by atoms with Crippen molar-refractivity contribution in [1.82, 2.24) is 0 Å². The zero-order chi connectivity index (χ0) is 41.1. The number of ether oxygens (including phenoxy) is 3.